The Morgan fingerprint density at radius 1 is 0.833 bits per heavy atom. The fourth-order valence-electron chi connectivity index (χ4n) is 3.35. The maximum Gasteiger partial charge on any atom is 0.251 e. The highest BCUT2D eigenvalue weighted by molar-refractivity contribution is 7.89. The van der Waals surface area contributed by atoms with Crippen LogP contribution in [0.15, 0.2) is 59.5 Å². The zero-order valence-corrected chi connectivity index (χ0v) is 17.7. The number of sulfonamides is 1. The van der Waals surface area contributed by atoms with Gasteiger partial charge in [-0.1, -0.05) is 36.8 Å². The lowest BCUT2D eigenvalue weighted by atomic mass is 10.1. The molecule has 30 heavy (non-hydrogen) atoms. The molecule has 2 amide bonds. The predicted octanol–water partition coefficient (Wildman–Crippen LogP) is 1.95. The minimum atomic E-state index is -3.46. The molecule has 0 atom stereocenters. The Hall–Kier alpha value is -2.71. The number of hydrogen-bond donors (Lipinski definition) is 2. The lowest BCUT2D eigenvalue weighted by Gasteiger charge is -2.25. The van der Waals surface area contributed by atoms with Gasteiger partial charge in [-0.3, -0.25) is 9.59 Å². The van der Waals surface area contributed by atoms with E-state index in [1.807, 2.05) is 6.07 Å². The van der Waals surface area contributed by atoms with Crippen molar-refractivity contribution in [1.29, 1.82) is 0 Å². The highest BCUT2D eigenvalue weighted by Gasteiger charge is 2.25. The Balaban J connectivity index is 1.43. The summed E-state index contributed by atoms with van der Waals surface area (Å²) in [6.07, 6.45) is 3.00. The van der Waals surface area contributed by atoms with Crippen molar-refractivity contribution < 1.29 is 18.0 Å². The molecule has 2 aromatic carbocycles. The number of benzene rings is 2. The fraction of sp³-hybridized carbons (Fsp3) is 0.364. The molecule has 1 saturated heterocycles. The van der Waals surface area contributed by atoms with Crippen LogP contribution in [-0.4, -0.2) is 50.7 Å². The average molecular weight is 430 g/mol. The number of amides is 2. The summed E-state index contributed by atoms with van der Waals surface area (Å²) in [6, 6.07) is 15.3. The van der Waals surface area contributed by atoms with Crippen molar-refractivity contribution in [2.24, 2.45) is 0 Å². The molecular weight excluding hydrogens is 402 g/mol. The van der Waals surface area contributed by atoms with E-state index in [1.165, 1.54) is 4.31 Å². The zero-order valence-electron chi connectivity index (χ0n) is 16.8. The summed E-state index contributed by atoms with van der Waals surface area (Å²) in [5.41, 5.74) is 1.31. The van der Waals surface area contributed by atoms with E-state index >= 15 is 0 Å². The molecule has 1 fully saturated rings. The molecule has 0 spiro atoms. The van der Waals surface area contributed by atoms with E-state index in [0.29, 0.717) is 31.7 Å². The van der Waals surface area contributed by atoms with Gasteiger partial charge in [0.1, 0.15) is 0 Å². The maximum absolute atomic E-state index is 12.7. The third-order valence-electron chi connectivity index (χ3n) is 5.01. The van der Waals surface area contributed by atoms with Crippen molar-refractivity contribution in [2.75, 3.05) is 26.2 Å². The zero-order chi connectivity index (χ0) is 21.4. The van der Waals surface area contributed by atoms with Gasteiger partial charge in [-0.15, -0.1) is 0 Å². The van der Waals surface area contributed by atoms with Crippen molar-refractivity contribution in [3.05, 3.63) is 65.7 Å². The number of rotatable bonds is 8. The molecule has 2 aromatic rings. The van der Waals surface area contributed by atoms with Gasteiger partial charge in [0, 0.05) is 31.7 Å². The molecule has 2 N–H and O–H groups in total. The topological polar surface area (TPSA) is 95.6 Å². The van der Waals surface area contributed by atoms with Gasteiger partial charge in [0.2, 0.25) is 15.9 Å². The van der Waals surface area contributed by atoms with E-state index in [4.69, 9.17) is 0 Å². The van der Waals surface area contributed by atoms with Crippen LogP contribution >= 0.6 is 0 Å². The molecule has 0 aromatic heterocycles. The monoisotopic (exact) mass is 429 g/mol. The van der Waals surface area contributed by atoms with Gasteiger partial charge in [-0.05, 0) is 42.7 Å². The molecule has 1 aliphatic rings. The largest absolute Gasteiger partial charge is 0.354 e. The summed E-state index contributed by atoms with van der Waals surface area (Å²) in [6.45, 7) is 1.77. The molecule has 0 bridgehead atoms. The minimum absolute atomic E-state index is 0.149. The third-order valence-corrected chi connectivity index (χ3v) is 6.92. The van der Waals surface area contributed by atoms with Gasteiger partial charge in [-0.2, -0.15) is 4.31 Å². The third kappa shape index (κ3) is 5.90. The molecular formula is C22H27N3O4S. The van der Waals surface area contributed by atoms with E-state index in [9.17, 15) is 18.0 Å². The second-order valence-electron chi connectivity index (χ2n) is 7.26. The molecule has 0 unspecified atom stereocenters. The minimum Gasteiger partial charge on any atom is -0.354 e. The van der Waals surface area contributed by atoms with Crippen LogP contribution in [0.25, 0.3) is 0 Å². The molecule has 160 valence electrons. The van der Waals surface area contributed by atoms with Crippen LogP contribution < -0.4 is 10.6 Å². The first-order valence-corrected chi connectivity index (χ1v) is 11.6. The van der Waals surface area contributed by atoms with Gasteiger partial charge in [0.15, 0.2) is 0 Å². The highest BCUT2D eigenvalue weighted by Crippen LogP contribution is 2.20. The number of piperidine rings is 1. The van der Waals surface area contributed by atoms with Crippen molar-refractivity contribution in [2.45, 2.75) is 30.6 Å². The first-order valence-electron chi connectivity index (χ1n) is 10.2. The molecule has 0 saturated carbocycles. The predicted molar refractivity (Wildman–Crippen MR) is 115 cm³/mol. The lowest BCUT2D eigenvalue weighted by molar-refractivity contribution is -0.120. The Morgan fingerprint density at radius 3 is 2.13 bits per heavy atom. The second kappa shape index (κ2) is 10.4. The van der Waals surface area contributed by atoms with Gasteiger partial charge < -0.3 is 10.6 Å². The second-order valence-corrected chi connectivity index (χ2v) is 9.20. The summed E-state index contributed by atoms with van der Waals surface area (Å²) in [5.74, 6) is -0.369. The van der Waals surface area contributed by atoms with Gasteiger partial charge in [0.05, 0.1) is 11.3 Å². The van der Waals surface area contributed by atoms with Crippen LogP contribution in [0.5, 0.6) is 0 Å². The highest BCUT2D eigenvalue weighted by atomic mass is 32.2. The van der Waals surface area contributed by atoms with E-state index < -0.39 is 10.0 Å². The Morgan fingerprint density at radius 2 is 1.47 bits per heavy atom. The van der Waals surface area contributed by atoms with E-state index in [-0.39, 0.29) is 23.1 Å². The first-order chi connectivity index (χ1) is 14.5. The summed E-state index contributed by atoms with van der Waals surface area (Å²) >= 11 is 0. The SMILES string of the molecule is O=C(Cc1ccc(S(=O)(=O)N2CCCCC2)cc1)NCCNC(=O)c1ccccc1. The van der Waals surface area contributed by atoms with E-state index in [0.717, 1.165) is 24.8 Å². The number of hydrogen-bond acceptors (Lipinski definition) is 4. The molecule has 1 aliphatic heterocycles. The number of nitrogens with zero attached hydrogens (tertiary/aromatic N) is 1. The standard InChI is InChI=1S/C22H27N3O4S/c26-21(23-13-14-24-22(27)19-7-3-1-4-8-19)17-18-9-11-20(12-10-18)30(28,29)25-15-5-2-6-16-25/h1,3-4,7-12H,2,5-6,13-17H2,(H,23,26)(H,24,27). The molecule has 1 heterocycles. The Labute approximate surface area is 177 Å². The average Bonchev–Trinajstić information content (AvgIpc) is 2.78. The summed E-state index contributed by atoms with van der Waals surface area (Å²) in [7, 11) is -3.46. The molecule has 0 aliphatic carbocycles. The summed E-state index contributed by atoms with van der Waals surface area (Å²) < 4.78 is 26.9. The molecule has 0 radical (unpaired) electrons. The maximum atomic E-state index is 12.7. The molecule has 8 heteroatoms. The summed E-state index contributed by atoms with van der Waals surface area (Å²) in [5, 5.41) is 5.50. The van der Waals surface area contributed by atoms with Crippen LogP contribution in [0, 0.1) is 0 Å². The lowest BCUT2D eigenvalue weighted by Crippen LogP contribution is -2.35. The van der Waals surface area contributed by atoms with Gasteiger partial charge >= 0.3 is 0 Å². The normalized spacial score (nSPS) is 14.8. The Bertz CT molecular complexity index is 954. The number of carbonyl (C=O) groups excluding carboxylic acids is 2. The first kappa shape index (κ1) is 22.0. The number of nitrogens with one attached hydrogen (secondary N) is 2. The van der Waals surface area contributed by atoms with Crippen LogP contribution in [0.4, 0.5) is 0 Å². The fourth-order valence-corrected chi connectivity index (χ4v) is 4.87. The van der Waals surface area contributed by atoms with Crippen LogP contribution in [0.2, 0.25) is 0 Å². The van der Waals surface area contributed by atoms with Crippen LogP contribution in [-0.2, 0) is 21.2 Å². The molecule has 3 rings (SSSR count). The number of carbonyl (C=O) groups is 2. The van der Waals surface area contributed by atoms with Crippen molar-refractivity contribution in [3.63, 3.8) is 0 Å². The summed E-state index contributed by atoms with van der Waals surface area (Å²) in [4.78, 5) is 24.3. The van der Waals surface area contributed by atoms with Gasteiger partial charge in [0.25, 0.3) is 5.91 Å². The quantitative estimate of drug-likeness (QED) is 0.627. The van der Waals surface area contributed by atoms with E-state index in [1.54, 1.807) is 48.5 Å². The van der Waals surface area contributed by atoms with Gasteiger partial charge in [-0.25, -0.2) is 8.42 Å². The molecule has 7 nitrogen and oxygen atoms in total. The van der Waals surface area contributed by atoms with Crippen molar-refractivity contribution in [3.8, 4) is 0 Å². The van der Waals surface area contributed by atoms with E-state index in [2.05, 4.69) is 10.6 Å². The Kier molecular flexibility index (Phi) is 7.59. The van der Waals surface area contributed by atoms with Crippen LogP contribution in [0.1, 0.15) is 35.2 Å². The van der Waals surface area contributed by atoms with Crippen molar-refractivity contribution in [1.82, 2.24) is 14.9 Å². The van der Waals surface area contributed by atoms with Crippen LogP contribution in [0.3, 0.4) is 0 Å². The van der Waals surface area contributed by atoms with Crippen molar-refractivity contribution >= 4 is 21.8 Å². The smallest absolute Gasteiger partial charge is 0.251 e.